The van der Waals surface area contributed by atoms with Crippen LogP contribution in [-0.2, 0) is 4.79 Å². The third-order valence-corrected chi connectivity index (χ3v) is 4.27. The van der Waals surface area contributed by atoms with Crippen molar-refractivity contribution in [3.05, 3.63) is 12.2 Å². The lowest BCUT2D eigenvalue weighted by atomic mass is 10.1. The van der Waals surface area contributed by atoms with Gasteiger partial charge in [-0.25, -0.2) is 0 Å². The Bertz CT molecular complexity index is 267. The second kappa shape index (κ2) is 6.98. The predicted octanol–water partition coefficient (Wildman–Crippen LogP) is 4.66. The topological polar surface area (TPSA) is 17.1 Å². The fraction of sp³-hybridized carbons (Fsp3) is 0.812. The fourth-order valence-corrected chi connectivity index (χ4v) is 2.97. The molecular formula is C16H26O. The number of hydrogen-bond donors (Lipinski definition) is 0. The molecule has 96 valence electrons. The molecule has 2 aliphatic carbocycles. The number of rotatable bonds is 0. The highest BCUT2D eigenvalue weighted by Crippen LogP contribution is 2.43. The normalized spacial score (nSPS) is 34.2. The molecule has 0 aromatic rings. The molecule has 1 saturated carbocycles. The first kappa shape index (κ1) is 12.9. The van der Waals surface area contributed by atoms with Gasteiger partial charge in [-0.05, 0) is 37.7 Å². The molecule has 2 rings (SSSR count). The van der Waals surface area contributed by atoms with Crippen LogP contribution in [0.5, 0.6) is 0 Å². The molecule has 0 heterocycles. The lowest BCUT2D eigenvalue weighted by Gasteiger charge is -2.01. The van der Waals surface area contributed by atoms with Crippen molar-refractivity contribution in [1.82, 2.24) is 0 Å². The highest BCUT2D eigenvalue weighted by Gasteiger charge is 2.40. The zero-order valence-corrected chi connectivity index (χ0v) is 11.0. The quantitative estimate of drug-likeness (QED) is 0.595. The van der Waals surface area contributed by atoms with Crippen LogP contribution < -0.4 is 0 Å². The standard InChI is InChI=1S/C16H26O/c17-16-12-10-8-6-4-2-1-3-5-7-9-11-14-13-15(14)16/h10,12,14-15H,1-9,11,13H2/b12-10+/t14-,15-/m0/s1. The van der Waals surface area contributed by atoms with Gasteiger partial charge in [0.25, 0.3) is 0 Å². The van der Waals surface area contributed by atoms with Crippen molar-refractivity contribution >= 4 is 5.78 Å². The van der Waals surface area contributed by atoms with Crippen LogP contribution >= 0.6 is 0 Å². The minimum Gasteiger partial charge on any atom is -0.295 e. The van der Waals surface area contributed by atoms with Gasteiger partial charge in [-0.3, -0.25) is 4.79 Å². The Morgan fingerprint density at radius 2 is 1.53 bits per heavy atom. The summed E-state index contributed by atoms with van der Waals surface area (Å²) < 4.78 is 0. The van der Waals surface area contributed by atoms with E-state index in [-0.39, 0.29) is 0 Å². The number of carbonyl (C=O) groups is 1. The van der Waals surface area contributed by atoms with Gasteiger partial charge in [0.1, 0.15) is 0 Å². The first-order chi connectivity index (χ1) is 8.38. The summed E-state index contributed by atoms with van der Waals surface area (Å²) in [6.45, 7) is 0. The summed E-state index contributed by atoms with van der Waals surface area (Å²) in [6.07, 6.45) is 18.5. The van der Waals surface area contributed by atoms with E-state index in [9.17, 15) is 4.79 Å². The first-order valence-electron chi connectivity index (χ1n) is 7.58. The third-order valence-electron chi connectivity index (χ3n) is 4.27. The minimum atomic E-state index is 0.399. The highest BCUT2D eigenvalue weighted by molar-refractivity contribution is 5.93. The number of fused-ring (bicyclic) bond motifs is 1. The van der Waals surface area contributed by atoms with Crippen LogP contribution in [0.25, 0.3) is 0 Å². The van der Waals surface area contributed by atoms with Crippen molar-refractivity contribution in [1.29, 1.82) is 0 Å². The van der Waals surface area contributed by atoms with E-state index >= 15 is 0 Å². The van der Waals surface area contributed by atoms with Crippen molar-refractivity contribution in [2.24, 2.45) is 11.8 Å². The molecule has 0 saturated heterocycles. The van der Waals surface area contributed by atoms with Crippen molar-refractivity contribution in [2.45, 2.75) is 70.6 Å². The Hall–Kier alpha value is -0.590. The van der Waals surface area contributed by atoms with Gasteiger partial charge in [-0.1, -0.05) is 51.0 Å². The van der Waals surface area contributed by atoms with E-state index in [0.717, 1.165) is 12.3 Å². The largest absolute Gasteiger partial charge is 0.295 e. The number of carbonyl (C=O) groups excluding carboxylic acids is 1. The van der Waals surface area contributed by atoms with Gasteiger partial charge < -0.3 is 0 Å². The van der Waals surface area contributed by atoms with Gasteiger partial charge in [0.05, 0.1) is 0 Å². The zero-order chi connectivity index (χ0) is 11.9. The summed E-state index contributed by atoms with van der Waals surface area (Å²) in [5.41, 5.74) is 0. The molecular weight excluding hydrogens is 208 g/mol. The summed E-state index contributed by atoms with van der Waals surface area (Å²) in [7, 11) is 0. The second-order valence-electron chi connectivity index (χ2n) is 5.81. The molecule has 2 atom stereocenters. The molecule has 0 N–H and O–H groups in total. The minimum absolute atomic E-state index is 0.399. The molecule has 0 bridgehead atoms. The Morgan fingerprint density at radius 3 is 2.29 bits per heavy atom. The lowest BCUT2D eigenvalue weighted by Crippen LogP contribution is -1.97. The average Bonchev–Trinajstić information content (AvgIpc) is 3.08. The number of ketones is 1. The van der Waals surface area contributed by atoms with Gasteiger partial charge in [0, 0.05) is 5.92 Å². The van der Waals surface area contributed by atoms with Crippen LogP contribution in [0.2, 0.25) is 0 Å². The van der Waals surface area contributed by atoms with Crippen molar-refractivity contribution in [3.63, 3.8) is 0 Å². The first-order valence-corrected chi connectivity index (χ1v) is 7.58. The van der Waals surface area contributed by atoms with Crippen LogP contribution in [0, 0.1) is 11.8 Å². The zero-order valence-electron chi connectivity index (χ0n) is 11.0. The Kier molecular flexibility index (Phi) is 5.28. The molecule has 1 fully saturated rings. The summed E-state index contributed by atoms with van der Waals surface area (Å²) in [5.74, 6) is 1.54. The SMILES string of the molecule is O=C1/C=C/CCCCCCCCCC[C@H]2C[C@H]12. The molecule has 2 aliphatic rings. The van der Waals surface area contributed by atoms with E-state index < -0.39 is 0 Å². The summed E-state index contributed by atoms with van der Waals surface area (Å²) in [4.78, 5) is 11.8. The van der Waals surface area contributed by atoms with E-state index in [1.165, 1.54) is 64.2 Å². The van der Waals surface area contributed by atoms with E-state index in [4.69, 9.17) is 0 Å². The second-order valence-corrected chi connectivity index (χ2v) is 5.81. The van der Waals surface area contributed by atoms with Crippen molar-refractivity contribution < 1.29 is 4.79 Å². The fourth-order valence-electron chi connectivity index (χ4n) is 2.97. The van der Waals surface area contributed by atoms with Crippen LogP contribution in [0.4, 0.5) is 0 Å². The molecule has 0 spiro atoms. The highest BCUT2D eigenvalue weighted by atomic mass is 16.1. The predicted molar refractivity (Wildman–Crippen MR) is 71.9 cm³/mol. The van der Waals surface area contributed by atoms with Gasteiger partial charge >= 0.3 is 0 Å². The van der Waals surface area contributed by atoms with E-state index in [0.29, 0.717) is 11.7 Å². The molecule has 1 heteroatoms. The number of allylic oxidation sites excluding steroid dienone is 2. The monoisotopic (exact) mass is 234 g/mol. The molecule has 0 aromatic carbocycles. The smallest absolute Gasteiger partial charge is 0.158 e. The van der Waals surface area contributed by atoms with Crippen molar-refractivity contribution in [2.75, 3.05) is 0 Å². The summed E-state index contributed by atoms with van der Waals surface area (Å²) >= 11 is 0. The third kappa shape index (κ3) is 4.65. The van der Waals surface area contributed by atoms with Crippen LogP contribution in [0.1, 0.15) is 70.6 Å². The van der Waals surface area contributed by atoms with E-state index in [1.54, 1.807) is 0 Å². The Morgan fingerprint density at radius 1 is 0.882 bits per heavy atom. The average molecular weight is 234 g/mol. The molecule has 1 nitrogen and oxygen atoms in total. The van der Waals surface area contributed by atoms with Gasteiger partial charge in [-0.2, -0.15) is 0 Å². The van der Waals surface area contributed by atoms with Crippen molar-refractivity contribution in [3.8, 4) is 0 Å². The van der Waals surface area contributed by atoms with Crippen LogP contribution in [0.3, 0.4) is 0 Å². The van der Waals surface area contributed by atoms with Gasteiger partial charge in [0.2, 0.25) is 0 Å². The van der Waals surface area contributed by atoms with E-state index in [2.05, 4.69) is 6.08 Å². The lowest BCUT2D eigenvalue weighted by molar-refractivity contribution is -0.116. The molecule has 0 aliphatic heterocycles. The Balaban J connectivity index is 1.75. The van der Waals surface area contributed by atoms with Crippen LogP contribution in [-0.4, -0.2) is 5.78 Å². The maximum absolute atomic E-state index is 11.8. The van der Waals surface area contributed by atoms with Gasteiger partial charge in [0.15, 0.2) is 5.78 Å². The Labute approximate surface area is 106 Å². The molecule has 0 aromatic heterocycles. The molecule has 0 amide bonds. The van der Waals surface area contributed by atoms with E-state index in [1.807, 2.05) is 6.08 Å². The summed E-state index contributed by atoms with van der Waals surface area (Å²) in [6, 6.07) is 0. The number of hydrogen-bond acceptors (Lipinski definition) is 1. The van der Waals surface area contributed by atoms with Gasteiger partial charge in [-0.15, -0.1) is 0 Å². The molecule has 17 heavy (non-hydrogen) atoms. The molecule has 0 radical (unpaired) electrons. The molecule has 0 unspecified atom stereocenters. The maximum Gasteiger partial charge on any atom is 0.158 e. The maximum atomic E-state index is 11.8. The summed E-state index contributed by atoms with van der Waals surface area (Å²) in [5, 5.41) is 0. The van der Waals surface area contributed by atoms with Crippen LogP contribution in [0.15, 0.2) is 12.2 Å².